The lowest BCUT2D eigenvalue weighted by Gasteiger charge is -2.58. The highest BCUT2D eigenvalue weighted by molar-refractivity contribution is 6.01. The largest absolute Gasteiger partial charge is 0.373 e. The number of fused-ring (bicyclic) bond motifs is 4. The van der Waals surface area contributed by atoms with Crippen molar-refractivity contribution in [3.8, 4) is 0 Å². The maximum Gasteiger partial charge on any atom is 0.229 e. The van der Waals surface area contributed by atoms with E-state index in [1.54, 1.807) is 0 Å². The molecule has 2 saturated carbocycles. The summed E-state index contributed by atoms with van der Waals surface area (Å²) in [5.74, 6) is 1.73. The Kier molecular flexibility index (Phi) is 7.15. The standard InChI is InChI=1S/C48H52N6O6/c55-39(49-27-5-7-33-31(17-27)47-11-13-51-23-25-9-15-59-35-21-41(57)53(33)45(47)43(35)29(25)19-37(47)51)3-1-2-4-40(56)50-28-6-8-34-32(18-28)48-12-14-52-24-26-10-16-60-36-22-42(58)54(34)46(48)44(36)30(26)20-38(48)52/h5-10,17-18,29-30,35-38,43-46H,1-4,11-16,19-24H2,(H,49,55)(H,50,56)/t29-,30-,35-,36-,37-,38-,43-,44-,45-,46-,47+,48+/m0/s1. The van der Waals surface area contributed by atoms with Crippen LogP contribution in [0, 0.1) is 23.7 Å². The Hall–Kier alpha value is -4.36. The number of ether oxygens (including phenoxy) is 2. The lowest BCUT2D eigenvalue weighted by molar-refractivity contribution is -0.133. The van der Waals surface area contributed by atoms with Gasteiger partial charge < -0.3 is 29.9 Å². The van der Waals surface area contributed by atoms with Crippen LogP contribution in [0.25, 0.3) is 0 Å². The summed E-state index contributed by atoms with van der Waals surface area (Å²) < 4.78 is 12.8. The van der Waals surface area contributed by atoms with E-state index in [4.69, 9.17) is 9.47 Å². The molecule has 0 unspecified atom stereocenters. The van der Waals surface area contributed by atoms with Gasteiger partial charge in [-0.1, -0.05) is 23.3 Å². The minimum atomic E-state index is -0.148. The fraction of sp³-hybridized carbons (Fsp3) is 0.583. The van der Waals surface area contributed by atoms with Crippen LogP contribution < -0.4 is 20.4 Å². The van der Waals surface area contributed by atoms with Crippen molar-refractivity contribution in [3.05, 3.63) is 70.8 Å². The van der Waals surface area contributed by atoms with E-state index < -0.39 is 0 Å². The van der Waals surface area contributed by atoms with Gasteiger partial charge in [-0.05, 0) is 111 Å². The SMILES string of the molecule is O=C(CCCCC(=O)Nc1ccc2c(c1)[C@@]13CCN4CC5=CCO[C@H]6CC(=O)N2[C@H]1[C@H]6[C@H]5C[C@H]43)Nc1ccc2c(c1)[C@@]13CCN4CC5=CCO[C@H]6CC(=O)N2[C@H]1[C@H]6[C@H]5C[C@H]43. The van der Waals surface area contributed by atoms with Crippen LogP contribution in [-0.4, -0.2) is 109 Å². The molecule has 12 nitrogen and oxygen atoms in total. The Morgan fingerprint density at radius 3 is 1.60 bits per heavy atom. The number of piperidine rings is 4. The molecule has 2 spiro atoms. The highest BCUT2D eigenvalue weighted by atomic mass is 16.5. The number of carbonyl (C=O) groups excluding carboxylic acids is 4. The van der Waals surface area contributed by atoms with Crippen molar-refractivity contribution in [2.45, 2.75) is 111 Å². The number of carbonyl (C=O) groups is 4. The smallest absolute Gasteiger partial charge is 0.229 e. The van der Waals surface area contributed by atoms with E-state index in [0.29, 0.717) is 87.5 Å². The molecule has 12 heteroatoms. The average molecular weight is 809 g/mol. The van der Waals surface area contributed by atoms with E-state index in [-0.39, 0.29) is 58.8 Å². The zero-order chi connectivity index (χ0) is 39.8. The first-order valence-corrected chi connectivity index (χ1v) is 22.9. The van der Waals surface area contributed by atoms with E-state index in [0.717, 1.165) is 74.6 Å². The van der Waals surface area contributed by atoms with E-state index in [2.05, 4.69) is 66.7 Å². The molecule has 8 fully saturated rings. The Morgan fingerprint density at radius 2 is 1.13 bits per heavy atom. The monoisotopic (exact) mass is 808 g/mol. The Morgan fingerprint density at radius 1 is 0.667 bits per heavy atom. The Labute approximate surface area is 349 Å². The lowest BCUT2D eigenvalue weighted by atomic mass is 9.53. The maximum atomic E-state index is 13.9. The minimum Gasteiger partial charge on any atom is -0.373 e. The van der Waals surface area contributed by atoms with Crippen molar-refractivity contribution in [2.75, 3.05) is 59.8 Å². The topological polar surface area (TPSA) is 124 Å². The molecule has 2 aromatic rings. The van der Waals surface area contributed by atoms with Gasteiger partial charge in [0.05, 0.1) is 50.3 Å². The van der Waals surface area contributed by atoms with Crippen LogP contribution in [0.2, 0.25) is 0 Å². The van der Waals surface area contributed by atoms with Crippen LogP contribution in [0.4, 0.5) is 22.7 Å². The first-order valence-electron chi connectivity index (χ1n) is 22.9. The van der Waals surface area contributed by atoms with Gasteiger partial charge in [0.2, 0.25) is 23.6 Å². The highest BCUT2D eigenvalue weighted by Crippen LogP contribution is 2.68. The van der Waals surface area contributed by atoms with E-state index in [9.17, 15) is 19.2 Å². The molecule has 2 N–H and O–H groups in total. The summed E-state index contributed by atoms with van der Waals surface area (Å²) in [4.78, 5) is 64.1. The van der Waals surface area contributed by atoms with Crippen LogP contribution in [-0.2, 0) is 39.5 Å². The van der Waals surface area contributed by atoms with Crippen molar-refractivity contribution in [2.24, 2.45) is 23.7 Å². The number of hydrogen-bond donors (Lipinski definition) is 2. The molecule has 310 valence electrons. The molecule has 10 aliphatic heterocycles. The number of unbranched alkanes of at least 4 members (excludes halogenated alkanes) is 1. The van der Waals surface area contributed by atoms with Crippen LogP contribution in [0.1, 0.15) is 75.3 Å². The van der Waals surface area contributed by atoms with Gasteiger partial charge in [-0.3, -0.25) is 29.0 Å². The van der Waals surface area contributed by atoms with Crippen LogP contribution in [0.3, 0.4) is 0 Å². The second-order valence-electron chi connectivity index (χ2n) is 20.3. The van der Waals surface area contributed by atoms with E-state index in [1.807, 2.05) is 12.1 Å². The summed E-state index contributed by atoms with van der Waals surface area (Å²) in [6, 6.07) is 13.4. The first kappa shape index (κ1) is 35.3. The van der Waals surface area contributed by atoms with Crippen molar-refractivity contribution in [3.63, 3.8) is 0 Å². The molecule has 12 aliphatic rings. The summed E-state index contributed by atoms with van der Waals surface area (Å²) in [6.07, 6.45) is 11.5. The van der Waals surface area contributed by atoms with Gasteiger partial charge >= 0.3 is 0 Å². The van der Waals surface area contributed by atoms with Crippen molar-refractivity contribution in [1.29, 1.82) is 0 Å². The molecule has 60 heavy (non-hydrogen) atoms. The van der Waals surface area contributed by atoms with Gasteiger partial charge in [-0.2, -0.15) is 0 Å². The number of nitrogens with one attached hydrogen (secondary N) is 2. The predicted octanol–water partition coefficient (Wildman–Crippen LogP) is 4.64. The predicted molar refractivity (Wildman–Crippen MR) is 223 cm³/mol. The zero-order valence-electron chi connectivity index (χ0n) is 33.9. The molecule has 0 aromatic heterocycles. The Bertz CT molecular complexity index is 2230. The van der Waals surface area contributed by atoms with E-state index >= 15 is 0 Å². The summed E-state index contributed by atoms with van der Waals surface area (Å²) in [5, 5.41) is 6.37. The number of nitrogens with zero attached hydrogens (tertiary/aromatic N) is 4. The van der Waals surface area contributed by atoms with Crippen molar-refractivity contribution < 1.29 is 28.7 Å². The third-order valence-corrected chi connectivity index (χ3v) is 18.2. The van der Waals surface area contributed by atoms with Crippen LogP contribution in [0.15, 0.2) is 59.7 Å². The first-order chi connectivity index (χ1) is 29.3. The van der Waals surface area contributed by atoms with Gasteiger partial charge in [-0.25, -0.2) is 0 Å². The second-order valence-corrected chi connectivity index (χ2v) is 20.3. The molecule has 6 saturated heterocycles. The fourth-order valence-corrected chi connectivity index (χ4v) is 16.3. The lowest BCUT2D eigenvalue weighted by Crippen LogP contribution is -2.69. The zero-order valence-corrected chi connectivity index (χ0v) is 33.9. The Balaban J connectivity index is 0.651. The fourth-order valence-electron chi connectivity index (χ4n) is 16.3. The summed E-state index contributed by atoms with van der Waals surface area (Å²) >= 11 is 0. The van der Waals surface area contributed by atoms with Crippen molar-refractivity contribution in [1.82, 2.24) is 9.80 Å². The van der Waals surface area contributed by atoms with Gasteiger partial charge in [0.15, 0.2) is 0 Å². The number of benzene rings is 2. The third kappa shape index (κ3) is 4.36. The van der Waals surface area contributed by atoms with Gasteiger partial charge in [-0.15, -0.1) is 0 Å². The quantitative estimate of drug-likeness (QED) is 0.307. The second kappa shape index (κ2) is 12.2. The normalized spacial score (nSPS) is 40.3. The van der Waals surface area contributed by atoms with Gasteiger partial charge in [0.1, 0.15) is 0 Å². The van der Waals surface area contributed by atoms with E-state index in [1.165, 1.54) is 22.3 Å². The molecule has 2 aromatic carbocycles. The van der Waals surface area contributed by atoms with Crippen molar-refractivity contribution >= 4 is 46.4 Å². The van der Waals surface area contributed by atoms with Gasteiger partial charge in [0.25, 0.3) is 0 Å². The van der Waals surface area contributed by atoms with Crippen LogP contribution >= 0.6 is 0 Å². The average Bonchev–Trinajstić information content (AvgIpc) is 3.92. The third-order valence-electron chi connectivity index (χ3n) is 18.2. The number of anilines is 4. The number of hydrogen-bond acceptors (Lipinski definition) is 8. The summed E-state index contributed by atoms with van der Waals surface area (Å²) in [5.41, 5.74) is 8.77. The summed E-state index contributed by atoms with van der Waals surface area (Å²) in [7, 11) is 0. The highest BCUT2D eigenvalue weighted by Gasteiger charge is 2.72. The molecule has 14 rings (SSSR count). The van der Waals surface area contributed by atoms with Crippen LogP contribution in [0.5, 0.6) is 0 Å². The molecule has 4 bridgehead atoms. The molecule has 10 heterocycles. The van der Waals surface area contributed by atoms with Gasteiger partial charge in [0, 0.05) is 83.4 Å². The molecular weight excluding hydrogens is 757 g/mol. The maximum absolute atomic E-state index is 13.9. The summed E-state index contributed by atoms with van der Waals surface area (Å²) in [6.45, 7) is 5.24. The molecule has 0 radical (unpaired) electrons. The molecule has 2 aliphatic carbocycles. The number of amides is 4. The minimum absolute atomic E-state index is 0.0393. The molecule has 12 atom stereocenters. The number of rotatable bonds is 7. The molecular formula is C48H52N6O6. The molecule has 4 amide bonds.